The lowest BCUT2D eigenvalue weighted by molar-refractivity contribution is -0.145. The van der Waals surface area contributed by atoms with E-state index in [1.807, 2.05) is 18.2 Å². The van der Waals surface area contributed by atoms with Crippen LogP contribution in [0.15, 0.2) is 18.2 Å². The average molecular weight is 516 g/mol. The van der Waals surface area contributed by atoms with Gasteiger partial charge in [0.1, 0.15) is 6.42 Å². The third-order valence-corrected chi connectivity index (χ3v) is 7.20. The Kier molecular flexibility index (Phi) is 19.0. The molecule has 1 aromatic rings. The van der Waals surface area contributed by atoms with E-state index in [0.717, 1.165) is 29.7 Å². The third-order valence-electron chi connectivity index (χ3n) is 7.20. The fourth-order valence-electron chi connectivity index (χ4n) is 4.90. The fraction of sp³-hybridized carbons (Fsp3) is 0.758. The maximum absolute atomic E-state index is 12.5. The van der Waals surface area contributed by atoms with E-state index in [0.29, 0.717) is 6.61 Å². The van der Waals surface area contributed by atoms with Crippen LogP contribution in [0.2, 0.25) is 0 Å². The Bertz CT molecular complexity index is 715. The van der Waals surface area contributed by atoms with Crippen LogP contribution in [0.25, 0.3) is 0 Å². The van der Waals surface area contributed by atoms with Crippen LogP contribution in [0.4, 0.5) is 5.69 Å². The first-order valence-corrected chi connectivity index (χ1v) is 15.4. The second kappa shape index (κ2) is 21.1. The van der Waals surface area contributed by atoms with Crippen molar-refractivity contribution in [2.24, 2.45) is 0 Å². The lowest BCUT2D eigenvalue weighted by Gasteiger charge is -2.20. The molecule has 1 aromatic carbocycles. The smallest absolute Gasteiger partial charge is 0.315 e. The van der Waals surface area contributed by atoms with Gasteiger partial charge >= 0.3 is 5.97 Å². The highest BCUT2D eigenvalue weighted by Crippen LogP contribution is 2.32. The van der Waals surface area contributed by atoms with Gasteiger partial charge in [-0.05, 0) is 29.4 Å². The minimum atomic E-state index is -0.438. The van der Waals surface area contributed by atoms with Crippen molar-refractivity contribution in [3.8, 4) is 0 Å². The Labute approximate surface area is 228 Å². The number of benzene rings is 1. The number of rotatable bonds is 22. The predicted octanol–water partition coefficient (Wildman–Crippen LogP) is 10.1. The topological polar surface area (TPSA) is 55.4 Å². The lowest BCUT2D eigenvalue weighted by Crippen LogP contribution is -2.20. The van der Waals surface area contributed by atoms with E-state index >= 15 is 0 Å². The molecule has 0 saturated carbocycles. The lowest BCUT2D eigenvalue weighted by atomic mass is 9.92. The zero-order valence-electron chi connectivity index (χ0n) is 24.8. The molecule has 0 bridgehead atoms. The summed E-state index contributed by atoms with van der Waals surface area (Å²) in [6.45, 7) is 11.1. The van der Waals surface area contributed by atoms with Crippen molar-refractivity contribution in [2.45, 2.75) is 156 Å². The molecule has 4 heteroatoms. The number of carbonyl (C=O) groups excluding carboxylic acids is 2. The molecule has 0 atom stereocenters. The summed E-state index contributed by atoms with van der Waals surface area (Å²) >= 11 is 0. The summed E-state index contributed by atoms with van der Waals surface area (Å²) in [5.74, 6) is -0.162. The average Bonchev–Trinajstić information content (AvgIpc) is 2.85. The first kappa shape index (κ1) is 33.2. The van der Waals surface area contributed by atoms with Crippen molar-refractivity contribution in [2.75, 3.05) is 11.9 Å². The maximum atomic E-state index is 12.5. The quantitative estimate of drug-likeness (QED) is 0.0949. The number of amides is 1. The zero-order valence-corrected chi connectivity index (χ0v) is 24.8. The molecular formula is C33H57NO3. The van der Waals surface area contributed by atoms with Crippen LogP contribution in [0, 0.1) is 0 Å². The molecule has 0 aliphatic carbocycles. The molecule has 1 N–H and O–H groups in total. The van der Waals surface area contributed by atoms with Gasteiger partial charge in [-0.25, -0.2) is 0 Å². The van der Waals surface area contributed by atoms with Gasteiger partial charge in [0.05, 0.1) is 6.61 Å². The molecular weight excluding hydrogens is 458 g/mol. The van der Waals surface area contributed by atoms with Crippen molar-refractivity contribution in [1.82, 2.24) is 0 Å². The first-order valence-electron chi connectivity index (χ1n) is 15.4. The van der Waals surface area contributed by atoms with Gasteiger partial charge in [-0.15, -0.1) is 0 Å². The molecule has 4 nitrogen and oxygen atoms in total. The molecule has 1 rings (SSSR count). The number of nitrogens with one attached hydrogen (secondary N) is 1. The van der Waals surface area contributed by atoms with Crippen LogP contribution < -0.4 is 5.32 Å². The monoisotopic (exact) mass is 515 g/mol. The van der Waals surface area contributed by atoms with E-state index in [4.69, 9.17) is 4.74 Å². The second-order valence-corrected chi connectivity index (χ2v) is 11.4. The summed E-state index contributed by atoms with van der Waals surface area (Å²) in [6.07, 6.45) is 20.8. The fourth-order valence-corrected chi connectivity index (χ4v) is 4.90. The zero-order chi connectivity index (χ0) is 27.3. The molecule has 1 amide bonds. The summed E-state index contributed by atoms with van der Waals surface area (Å²) in [5.41, 5.74) is 3.05. The number of unbranched alkanes of at least 4 members (excludes halogenated alkanes) is 15. The minimum absolute atomic E-state index is 0.233. The highest BCUT2D eigenvalue weighted by atomic mass is 16.5. The van der Waals surface area contributed by atoms with Gasteiger partial charge in [-0.2, -0.15) is 0 Å². The number of hydrogen-bond acceptors (Lipinski definition) is 3. The molecule has 0 unspecified atom stereocenters. The van der Waals surface area contributed by atoms with Gasteiger partial charge in [0.15, 0.2) is 0 Å². The maximum Gasteiger partial charge on any atom is 0.315 e. The van der Waals surface area contributed by atoms with E-state index in [2.05, 4.69) is 39.9 Å². The Morgan fingerprint density at radius 1 is 0.676 bits per heavy atom. The normalized spacial score (nSPS) is 11.3. The van der Waals surface area contributed by atoms with E-state index in [1.54, 1.807) is 0 Å². The summed E-state index contributed by atoms with van der Waals surface area (Å²) < 4.78 is 5.33. The van der Waals surface area contributed by atoms with Gasteiger partial charge in [0.2, 0.25) is 5.91 Å². The molecule has 0 aliphatic heterocycles. The summed E-state index contributed by atoms with van der Waals surface area (Å²) in [4.78, 5) is 24.7. The molecule has 37 heavy (non-hydrogen) atoms. The van der Waals surface area contributed by atoms with E-state index in [1.165, 1.54) is 89.9 Å². The standard InChI is InChI=1S/C33H57NO3/c1-6-7-8-9-10-11-12-13-14-15-16-17-18-19-20-21-25-37-32(36)26-31(35)34-33-29(27(2)3)23-22-24-30(33)28(4)5/h22-24,27-28H,6-21,25-26H2,1-5H3,(H,34,35). The molecule has 0 radical (unpaired) electrons. The van der Waals surface area contributed by atoms with Crippen molar-refractivity contribution in [3.05, 3.63) is 29.3 Å². The summed E-state index contributed by atoms with van der Waals surface area (Å²) in [6, 6.07) is 6.12. The van der Waals surface area contributed by atoms with Gasteiger partial charge in [-0.3, -0.25) is 9.59 Å². The molecule has 212 valence electrons. The van der Waals surface area contributed by atoms with Crippen molar-refractivity contribution in [3.63, 3.8) is 0 Å². The van der Waals surface area contributed by atoms with Gasteiger partial charge < -0.3 is 10.1 Å². The number of esters is 1. The van der Waals surface area contributed by atoms with E-state index in [-0.39, 0.29) is 24.2 Å². The van der Waals surface area contributed by atoms with Crippen LogP contribution in [0.1, 0.15) is 167 Å². The predicted molar refractivity (Wildman–Crippen MR) is 158 cm³/mol. The highest BCUT2D eigenvalue weighted by Gasteiger charge is 2.18. The van der Waals surface area contributed by atoms with Crippen LogP contribution in [0.5, 0.6) is 0 Å². The number of carbonyl (C=O) groups is 2. The number of para-hydroxylation sites is 1. The second-order valence-electron chi connectivity index (χ2n) is 11.4. The Morgan fingerprint density at radius 3 is 1.49 bits per heavy atom. The summed E-state index contributed by atoms with van der Waals surface area (Å²) in [5, 5.41) is 2.99. The molecule has 0 aliphatic rings. The Morgan fingerprint density at radius 2 is 1.08 bits per heavy atom. The SMILES string of the molecule is CCCCCCCCCCCCCCCCCCOC(=O)CC(=O)Nc1c(C(C)C)cccc1C(C)C. The molecule has 0 saturated heterocycles. The third kappa shape index (κ3) is 15.9. The van der Waals surface area contributed by atoms with Gasteiger partial charge in [0.25, 0.3) is 0 Å². The number of hydrogen-bond donors (Lipinski definition) is 1. The highest BCUT2D eigenvalue weighted by molar-refractivity contribution is 6.02. The van der Waals surface area contributed by atoms with Crippen LogP contribution >= 0.6 is 0 Å². The van der Waals surface area contributed by atoms with Crippen molar-refractivity contribution < 1.29 is 14.3 Å². The molecule has 0 fully saturated rings. The largest absolute Gasteiger partial charge is 0.465 e. The number of anilines is 1. The van der Waals surface area contributed by atoms with Crippen LogP contribution in [-0.2, 0) is 14.3 Å². The van der Waals surface area contributed by atoms with Crippen LogP contribution in [0.3, 0.4) is 0 Å². The Balaban J connectivity index is 2.06. The van der Waals surface area contributed by atoms with E-state index < -0.39 is 5.97 Å². The Hall–Kier alpha value is -1.84. The van der Waals surface area contributed by atoms with Crippen molar-refractivity contribution in [1.29, 1.82) is 0 Å². The molecule has 0 spiro atoms. The number of ether oxygens (including phenoxy) is 1. The minimum Gasteiger partial charge on any atom is -0.465 e. The van der Waals surface area contributed by atoms with E-state index in [9.17, 15) is 9.59 Å². The van der Waals surface area contributed by atoms with Crippen LogP contribution in [-0.4, -0.2) is 18.5 Å². The van der Waals surface area contributed by atoms with Gasteiger partial charge in [0, 0.05) is 5.69 Å². The molecule has 0 heterocycles. The van der Waals surface area contributed by atoms with Crippen molar-refractivity contribution >= 4 is 17.6 Å². The first-order chi connectivity index (χ1) is 17.9. The summed E-state index contributed by atoms with van der Waals surface area (Å²) in [7, 11) is 0. The molecule has 0 aromatic heterocycles. The van der Waals surface area contributed by atoms with Gasteiger partial charge in [-0.1, -0.05) is 149 Å².